The van der Waals surface area contributed by atoms with Crippen LogP contribution in [0.5, 0.6) is 0 Å². The standard InChI is InChI=1S/C13H17F2N3O2/c1-7(2)17-4-3-12(19)18-11-5-8(13(16)20)9(14)6-10(11)15/h5-7,17H,3-4H2,1-2H3,(H2,16,20)(H,18,19). The maximum atomic E-state index is 13.5. The third-order valence-electron chi connectivity index (χ3n) is 2.50. The molecule has 0 saturated carbocycles. The van der Waals surface area contributed by atoms with E-state index in [1.807, 2.05) is 13.8 Å². The summed E-state index contributed by atoms with van der Waals surface area (Å²) >= 11 is 0. The summed E-state index contributed by atoms with van der Waals surface area (Å²) in [6.07, 6.45) is 0.126. The number of anilines is 1. The van der Waals surface area contributed by atoms with Crippen LogP contribution in [0, 0.1) is 11.6 Å². The Hall–Kier alpha value is -2.02. The molecule has 0 spiro atoms. The summed E-state index contributed by atoms with van der Waals surface area (Å²) in [6.45, 7) is 4.28. The van der Waals surface area contributed by atoms with Gasteiger partial charge in [-0.1, -0.05) is 13.8 Å². The van der Waals surface area contributed by atoms with Crippen LogP contribution in [0.3, 0.4) is 0 Å². The number of primary amides is 1. The molecule has 1 aromatic rings. The second-order valence-corrected chi connectivity index (χ2v) is 4.58. The zero-order valence-corrected chi connectivity index (χ0v) is 11.3. The predicted octanol–water partition coefficient (Wildman–Crippen LogP) is 1.39. The molecule has 1 aromatic carbocycles. The Balaban J connectivity index is 2.74. The Labute approximate surface area is 115 Å². The van der Waals surface area contributed by atoms with E-state index in [2.05, 4.69) is 10.6 Å². The van der Waals surface area contributed by atoms with Crippen molar-refractivity contribution in [3.8, 4) is 0 Å². The highest BCUT2D eigenvalue weighted by molar-refractivity contribution is 5.96. The van der Waals surface area contributed by atoms with Gasteiger partial charge in [-0.05, 0) is 6.07 Å². The first-order valence-electron chi connectivity index (χ1n) is 6.13. The van der Waals surface area contributed by atoms with E-state index in [0.717, 1.165) is 6.07 Å². The lowest BCUT2D eigenvalue weighted by Crippen LogP contribution is -2.27. The molecule has 20 heavy (non-hydrogen) atoms. The lowest BCUT2D eigenvalue weighted by Gasteiger charge is -2.10. The van der Waals surface area contributed by atoms with Crippen LogP contribution in [-0.4, -0.2) is 24.4 Å². The summed E-state index contributed by atoms with van der Waals surface area (Å²) in [7, 11) is 0. The first-order chi connectivity index (χ1) is 9.31. The van der Waals surface area contributed by atoms with E-state index in [1.54, 1.807) is 0 Å². The molecule has 110 valence electrons. The summed E-state index contributed by atoms with van der Waals surface area (Å²) in [5, 5.41) is 5.30. The molecule has 2 amide bonds. The Morgan fingerprint density at radius 3 is 2.45 bits per heavy atom. The number of nitrogens with two attached hydrogens (primary N) is 1. The molecule has 1 rings (SSSR count). The smallest absolute Gasteiger partial charge is 0.251 e. The number of nitrogens with one attached hydrogen (secondary N) is 2. The van der Waals surface area contributed by atoms with Crippen LogP contribution in [0.15, 0.2) is 12.1 Å². The fourth-order valence-corrected chi connectivity index (χ4v) is 1.52. The fourth-order valence-electron chi connectivity index (χ4n) is 1.52. The summed E-state index contributed by atoms with van der Waals surface area (Å²) < 4.78 is 26.7. The van der Waals surface area contributed by atoms with Gasteiger partial charge in [0.05, 0.1) is 11.3 Å². The molecule has 0 fully saturated rings. The minimum atomic E-state index is -1.06. The van der Waals surface area contributed by atoms with Gasteiger partial charge < -0.3 is 16.4 Å². The Morgan fingerprint density at radius 2 is 1.90 bits per heavy atom. The van der Waals surface area contributed by atoms with Gasteiger partial charge in [0.1, 0.15) is 11.6 Å². The second kappa shape index (κ2) is 6.95. The van der Waals surface area contributed by atoms with Crippen LogP contribution in [-0.2, 0) is 4.79 Å². The van der Waals surface area contributed by atoms with Crippen molar-refractivity contribution in [1.82, 2.24) is 5.32 Å². The van der Waals surface area contributed by atoms with E-state index in [-0.39, 0.29) is 18.2 Å². The Morgan fingerprint density at radius 1 is 1.25 bits per heavy atom. The first-order valence-corrected chi connectivity index (χ1v) is 6.13. The Bertz CT molecular complexity index is 519. The molecule has 0 unspecified atom stereocenters. The van der Waals surface area contributed by atoms with Crippen molar-refractivity contribution in [2.45, 2.75) is 26.3 Å². The quantitative estimate of drug-likeness (QED) is 0.738. The minimum absolute atomic E-state index is 0.126. The van der Waals surface area contributed by atoms with E-state index in [1.165, 1.54) is 0 Å². The number of amides is 2. The third-order valence-corrected chi connectivity index (χ3v) is 2.50. The van der Waals surface area contributed by atoms with Crippen LogP contribution in [0.4, 0.5) is 14.5 Å². The fraction of sp³-hybridized carbons (Fsp3) is 0.385. The molecule has 0 aromatic heterocycles. The van der Waals surface area contributed by atoms with Gasteiger partial charge in [-0.25, -0.2) is 8.78 Å². The molecule has 0 aliphatic rings. The molecule has 0 aliphatic heterocycles. The predicted molar refractivity (Wildman–Crippen MR) is 71.3 cm³/mol. The van der Waals surface area contributed by atoms with Crippen molar-refractivity contribution in [2.75, 3.05) is 11.9 Å². The lowest BCUT2D eigenvalue weighted by molar-refractivity contribution is -0.116. The SMILES string of the molecule is CC(C)NCCC(=O)Nc1cc(C(N)=O)c(F)cc1F. The Kier molecular flexibility index (Phi) is 5.57. The largest absolute Gasteiger partial charge is 0.366 e. The average Bonchev–Trinajstić information content (AvgIpc) is 2.31. The average molecular weight is 285 g/mol. The van der Waals surface area contributed by atoms with Crippen LogP contribution in [0.25, 0.3) is 0 Å². The summed E-state index contributed by atoms with van der Waals surface area (Å²) in [4.78, 5) is 22.5. The van der Waals surface area contributed by atoms with Crippen molar-refractivity contribution in [3.05, 3.63) is 29.3 Å². The van der Waals surface area contributed by atoms with Crippen LogP contribution < -0.4 is 16.4 Å². The van der Waals surface area contributed by atoms with Gasteiger partial charge in [-0.2, -0.15) is 0 Å². The van der Waals surface area contributed by atoms with Crippen molar-refractivity contribution >= 4 is 17.5 Å². The number of benzene rings is 1. The first kappa shape index (κ1) is 16.0. The molecule has 5 nitrogen and oxygen atoms in total. The van der Waals surface area contributed by atoms with Gasteiger partial charge in [0.25, 0.3) is 5.91 Å². The van der Waals surface area contributed by atoms with E-state index in [0.29, 0.717) is 12.6 Å². The van der Waals surface area contributed by atoms with Gasteiger partial charge in [0.15, 0.2) is 0 Å². The maximum Gasteiger partial charge on any atom is 0.251 e. The maximum absolute atomic E-state index is 13.5. The molecule has 0 atom stereocenters. The molecule has 0 radical (unpaired) electrons. The van der Waals surface area contributed by atoms with Crippen molar-refractivity contribution in [2.24, 2.45) is 5.73 Å². The molecular formula is C13H17F2N3O2. The topological polar surface area (TPSA) is 84.2 Å². The van der Waals surface area contributed by atoms with Crippen molar-refractivity contribution in [1.29, 1.82) is 0 Å². The van der Waals surface area contributed by atoms with Gasteiger partial charge in [0, 0.05) is 25.1 Å². The molecule has 4 N–H and O–H groups in total. The lowest BCUT2D eigenvalue weighted by atomic mass is 10.1. The van der Waals surface area contributed by atoms with E-state index < -0.39 is 29.0 Å². The van der Waals surface area contributed by atoms with Crippen LogP contribution >= 0.6 is 0 Å². The molecule has 7 heteroatoms. The number of halogens is 2. The highest BCUT2D eigenvalue weighted by Crippen LogP contribution is 2.19. The van der Waals surface area contributed by atoms with E-state index in [4.69, 9.17) is 5.73 Å². The number of hydrogen-bond donors (Lipinski definition) is 3. The summed E-state index contributed by atoms with van der Waals surface area (Å²) in [6, 6.07) is 1.63. The highest BCUT2D eigenvalue weighted by Gasteiger charge is 2.15. The van der Waals surface area contributed by atoms with E-state index >= 15 is 0 Å². The molecule has 0 saturated heterocycles. The van der Waals surface area contributed by atoms with Gasteiger partial charge in [0.2, 0.25) is 5.91 Å². The monoisotopic (exact) mass is 285 g/mol. The molecule has 0 heterocycles. The molecule has 0 aliphatic carbocycles. The summed E-state index contributed by atoms with van der Waals surface area (Å²) in [5.74, 6) is -3.49. The number of carbonyl (C=O) groups excluding carboxylic acids is 2. The normalized spacial score (nSPS) is 10.7. The number of rotatable bonds is 6. The van der Waals surface area contributed by atoms with Crippen molar-refractivity contribution in [3.63, 3.8) is 0 Å². The highest BCUT2D eigenvalue weighted by atomic mass is 19.1. The number of carbonyl (C=O) groups is 2. The van der Waals surface area contributed by atoms with E-state index in [9.17, 15) is 18.4 Å². The summed E-state index contributed by atoms with van der Waals surface area (Å²) in [5.41, 5.74) is 4.21. The van der Waals surface area contributed by atoms with Gasteiger partial charge in [-0.15, -0.1) is 0 Å². The zero-order valence-electron chi connectivity index (χ0n) is 11.3. The van der Waals surface area contributed by atoms with Crippen LogP contribution in [0.1, 0.15) is 30.6 Å². The number of hydrogen-bond acceptors (Lipinski definition) is 3. The third kappa shape index (κ3) is 4.58. The molecular weight excluding hydrogens is 268 g/mol. The van der Waals surface area contributed by atoms with Crippen molar-refractivity contribution < 1.29 is 18.4 Å². The second-order valence-electron chi connectivity index (χ2n) is 4.58. The minimum Gasteiger partial charge on any atom is -0.366 e. The van der Waals surface area contributed by atoms with Gasteiger partial charge >= 0.3 is 0 Å². The van der Waals surface area contributed by atoms with Gasteiger partial charge in [-0.3, -0.25) is 9.59 Å². The molecule has 0 bridgehead atoms. The van der Waals surface area contributed by atoms with Crippen LogP contribution in [0.2, 0.25) is 0 Å². The zero-order chi connectivity index (χ0) is 15.3.